The van der Waals surface area contributed by atoms with Gasteiger partial charge >= 0.3 is 0 Å². The number of fused-ring (bicyclic) bond motifs is 9. The van der Waals surface area contributed by atoms with Crippen molar-refractivity contribution in [3.05, 3.63) is 199 Å². The van der Waals surface area contributed by atoms with Gasteiger partial charge in [0.05, 0.1) is 49.5 Å². The van der Waals surface area contributed by atoms with E-state index in [1.807, 2.05) is 30.3 Å². The molecule has 0 saturated heterocycles. The minimum atomic E-state index is -0.819. The summed E-state index contributed by atoms with van der Waals surface area (Å²) >= 11 is 0. The van der Waals surface area contributed by atoms with Crippen LogP contribution in [0.3, 0.4) is 0 Å². The largest absolute Gasteiger partial charge is 0.278 e. The minimum Gasteiger partial charge on any atom is -0.278 e. The normalized spacial score (nSPS) is 17.8. The first-order valence-corrected chi connectivity index (χ1v) is 18.6. The van der Waals surface area contributed by atoms with Crippen LogP contribution in [0.4, 0.5) is 0 Å². The third-order valence-electron chi connectivity index (χ3n) is 11.0. The standard InChI is InChI=1S/C54H37N5/c1-54(2)45-23-10-6-19-39(45)40-29-27-36(32-46(40)54)35-17-14-18-38(31-35)51-55-52(58-47-24-11-7-20-41(47)42-21-8-12-25-48(42)58)57-53(56-51)59-49-26-13-9-22-43(49)44-30-28-37(33-50(44)59)34-15-4-3-5-16-34/h3-33H,1-2H3/i3D,4D,5D,7D,8D,9D,11D,12D,13D,15D,16D,20D,21D,22D,24D,25D,26D,28D,30D,33D. The first-order valence-electron chi connectivity index (χ1n) is 28.6. The summed E-state index contributed by atoms with van der Waals surface area (Å²) in [5.74, 6) is -1.35. The van der Waals surface area contributed by atoms with Crippen LogP contribution in [0.25, 0.3) is 100 Å². The molecule has 0 fully saturated rings. The fraction of sp³-hybridized carbons (Fsp3) is 0.0556. The van der Waals surface area contributed by atoms with Crippen molar-refractivity contribution in [2.24, 2.45) is 0 Å². The van der Waals surface area contributed by atoms with Gasteiger partial charge in [-0.1, -0.05) is 165 Å². The van der Waals surface area contributed by atoms with E-state index in [0.29, 0.717) is 5.56 Å². The third kappa shape index (κ3) is 5.08. The number of rotatable bonds is 5. The molecule has 0 bridgehead atoms. The summed E-state index contributed by atoms with van der Waals surface area (Å²) in [6.45, 7) is 4.28. The lowest BCUT2D eigenvalue weighted by Gasteiger charge is -2.22. The molecule has 0 N–H and O–H groups in total. The van der Waals surface area contributed by atoms with Crippen molar-refractivity contribution in [3.8, 4) is 56.7 Å². The summed E-state index contributed by atoms with van der Waals surface area (Å²) < 4.78 is 182. The highest BCUT2D eigenvalue weighted by Crippen LogP contribution is 2.49. The van der Waals surface area contributed by atoms with Gasteiger partial charge in [0, 0.05) is 32.5 Å². The van der Waals surface area contributed by atoms with Crippen molar-refractivity contribution < 1.29 is 27.4 Å². The van der Waals surface area contributed by atoms with E-state index in [1.165, 1.54) is 0 Å². The van der Waals surface area contributed by atoms with Crippen molar-refractivity contribution in [1.29, 1.82) is 0 Å². The van der Waals surface area contributed by atoms with Crippen molar-refractivity contribution in [2.75, 3.05) is 0 Å². The van der Waals surface area contributed by atoms with E-state index in [2.05, 4.69) is 32.0 Å². The van der Waals surface area contributed by atoms with E-state index in [-0.39, 0.29) is 44.0 Å². The predicted molar refractivity (Wildman–Crippen MR) is 242 cm³/mol. The molecule has 3 heterocycles. The lowest BCUT2D eigenvalue weighted by molar-refractivity contribution is 0.660. The number of hydrogen-bond acceptors (Lipinski definition) is 3. The molecule has 0 spiro atoms. The summed E-state index contributed by atoms with van der Waals surface area (Å²) in [5.41, 5.74) is 2.79. The maximum Gasteiger partial charge on any atom is 0.240 e. The molecule has 0 radical (unpaired) electrons. The quantitative estimate of drug-likeness (QED) is 0.175. The van der Waals surface area contributed by atoms with Crippen LogP contribution >= 0.6 is 0 Å². The summed E-state index contributed by atoms with van der Waals surface area (Å²) in [4.78, 5) is 14.6. The van der Waals surface area contributed by atoms with Crippen molar-refractivity contribution in [1.82, 2.24) is 24.1 Å². The third-order valence-corrected chi connectivity index (χ3v) is 11.0. The number of aromatic nitrogens is 5. The maximum atomic E-state index is 9.92. The fourth-order valence-corrected chi connectivity index (χ4v) is 8.24. The second-order valence-electron chi connectivity index (χ2n) is 14.6. The molecule has 5 nitrogen and oxygen atoms in total. The average Bonchev–Trinajstić information content (AvgIpc) is 3.79. The predicted octanol–water partition coefficient (Wildman–Crippen LogP) is 13.4. The smallest absolute Gasteiger partial charge is 0.240 e. The van der Waals surface area contributed by atoms with Gasteiger partial charge in [-0.15, -0.1) is 0 Å². The Morgan fingerprint density at radius 2 is 0.983 bits per heavy atom. The molecule has 0 amide bonds. The van der Waals surface area contributed by atoms with Gasteiger partial charge in [-0.2, -0.15) is 15.0 Å². The van der Waals surface area contributed by atoms with Crippen LogP contribution in [-0.4, -0.2) is 24.1 Å². The molecule has 5 heteroatoms. The summed E-state index contributed by atoms with van der Waals surface area (Å²) in [7, 11) is 0. The number of hydrogen-bond donors (Lipinski definition) is 0. The van der Waals surface area contributed by atoms with E-state index in [9.17, 15) is 9.60 Å². The molecular formula is C54H37N5. The van der Waals surface area contributed by atoms with E-state index in [1.54, 1.807) is 18.2 Å². The molecule has 0 unspecified atom stereocenters. The Hall–Kier alpha value is -7.63. The topological polar surface area (TPSA) is 48.5 Å². The summed E-state index contributed by atoms with van der Waals surface area (Å²) in [6, 6.07) is 6.21. The van der Waals surface area contributed by atoms with Crippen molar-refractivity contribution in [3.63, 3.8) is 0 Å². The highest BCUT2D eigenvalue weighted by atomic mass is 15.3. The first-order chi connectivity index (χ1) is 37.3. The Morgan fingerprint density at radius 3 is 1.68 bits per heavy atom. The Bertz CT molecular complexity index is 4550. The SMILES string of the molecule is [2H]c1c([2H])c([2H])c(-c2c([2H])c([2H])c3c4c([2H])c([2H])c([2H])c([2H])c4n(-c4nc(-c5cccc(-c6ccc7c(c6)C(C)(C)c6ccccc6-7)c5)nc(-n5c6c([2H])c([2H])c([2H])c([2H])c6c6c([2H])c([2H])c([2H])c([2H])c65)n4)c3c2[2H])c([2H])c1[2H]. The zero-order valence-corrected chi connectivity index (χ0v) is 31.1. The highest BCUT2D eigenvalue weighted by Gasteiger charge is 2.35. The zero-order chi connectivity index (χ0) is 56.6. The maximum absolute atomic E-state index is 9.92. The molecule has 1 aliphatic carbocycles. The van der Waals surface area contributed by atoms with Gasteiger partial charge < -0.3 is 0 Å². The van der Waals surface area contributed by atoms with E-state index in [0.717, 1.165) is 37.0 Å². The number of nitrogens with zero attached hydrogens (tertiary/aromatic N) is 5. The van der Waals surface area contributed by atoms with Crippen LogP contribution in [0.1, 0.15) is 52.4 Å². The second kappa shape index (κ2) is 12.7. The van der Waals surface area contributed by atoms with Gasteiger partial charge in [-0.25, -0.2) is 0 Å². The molecule has 0 atom stereocenters. The molecule has 59 heavy (non-hydrogen) atoms. The van der Waals surface area contributed by atoms with Crippen molar-refractivity contribution in [2.45, 2.75) is 19.3 Å². The van der Waals surface area contributed by atoms with Gasteiger partial charge in [0.1, 0.15) is 0 Å². The number of benzene rings is 8. The van der Waals surface area contributed by atoms with Crippen LogP contribution in [0, 0.1) is 0 Å². The fourth-order valence-electron chi connectivity index (χ4n) is 8.24. The lowest BCUT2D eigenvalue weighted by Crippen LogP contribution is -2.14. The summed E-state index contributed by atoms with van der Waals surface area (Å²) in [5, 5.41) is -1.41. The van der Waals surface area contributed by atoms with Crippen LogP contribution in [0.5, 0.6) is 0 Å². The Balaban J connectivity index is 1.25. The van der Waals surface area contributed by atoms with Gasteiger partial charge in [-0.3, -0.25) is 9.13 Å². The molecule has 0 saturated carbocycles. The molecule has 12 rings (SSSR count). The van der Waals surface area contributed by atoms with E-state index in [4.69, 9.17) is 32.8 Å². The minimum absolute atomic E-state index is 0.219. The molecule has 1 aliphatic rings. The highest BCUT2D eigenvalue weighted by molar-refractivity contribution is 6.10. The molecule has 0 aliphatic heterocycles. The van der Waals surface area contributed by atoms with Crippen LogP contribution < -0.4 is 0 Å². The molecular weight excluding hydrogens is 719 g/mol. The van der Waals surface area contributed by atoms with Crippen LogP contribution in [-0.2, 0) is 5.41 Å². The van der Waals surface area contributed by atoms with E-state index < -0.39 is 160 Å². The second-order valence-corrected chi connectivity index (χ2v) is 14.6. The molecule has 278 valence electrons. The molecule has 3 aromatic heterocycles. The van der Waals surface area contributed by atoms with Gasteiger partial charge in [0.25, 0.3) is 0 Å². The van der Waals surface area contributed by atoms with Crippen LogP contribution in [0.15, 0.2) is 188 Å². The van der Waals surface area contributed by atoms with Gasteiger partial charge in [-0.05, 0) is 80.8 Å². The van der Waals surface area contributed by atoms with Gasteiger partial charge in [0.2, 0.25) is 11.9 Å². The Kier molecular flexibility index (Phi) is 4.13. The Labute approximate surface area is 369 Å². The van der Waals surface area contributed by atoms with Gasteiger partial charge in [0.15, 0.2) is 5.82 Å². The lowest BCUT2D eigenvalue weighted by atomic mass is 9.81. The average molecular weight is 776 g/mol. The summed E-state index contributed by atoms with van der Waals surface area (Å²) in [6.07, 6.45) is 0. The van der Waals surface area contributed by atoms with E-state index >= 15 is 0 Å². The monoisotopic (exact) mass is 775 g/mol. The van der Waals surface area contributed by atoms with Crippen molar-refractivity contribution >= 4 is 43.6 Å². The molecule has 11 aromatic rings. The zero-order valence-electron chi connectivity index (χ0n) is 51.1. The Morgan fingerprint density at radius 1 is 0.424 bits per heavy atom. The number of para-hydroxylation sites is 3. The first kappa shape index (κ1) is 19.2. The van der Waals surface area contributed by atoms with Crippen LogP contribution in [0.2, 0.25) is 0 Å². The molecule has 8 aromatic carbocycles.